The molecule has 0 unspecified atom stereocenters. The number of carbonyl (C=O) groups excluding carboxylic acids is 3. The maximum Gasteiger partial charge on any atom is 0.243 e. The lowest BCUT2D eigenvalue weighted by atomic mass is 10.2. The zero-order valence-corrected chi connectivity index (χ0v) is 16.6. The fraction of sp³-hybridized carbons (Fsp3) is 0.211. The lowest BCUT2D eigenvalue weighted by Gasteiger charge is -2.09. The highest BCUT2D eigenvalue weighted by Gasteiger charge is 2.10. The molecule has 0 aliphatic rings. The van der Waals surface area contributed by atoms with Gasteiger partial charge in [0.25, 0.3) is 0 Å². The fourth-order valence-electron chi connectivity index (χ4n) is 2.11. The molecule has 28 heavy (non-hydrogen) atoms. The second-order valence-corrected chi connectivity index (χ2v) is 7.25. The minimum atomic E-state index is -0.404. The van der Waals surface area contributed by atoms with Gasteiger partial charge in [0.05, 0.1) is 28.8 Å². The zero-order chi connectivity index (χ0) is 20.5. The second-order valence-electron chi connectivity index (χ2n) is 5.86. The number of benzene rings is 2. The summed E-state index contributed by atoms with van der Waals surface area (Å²) >= 11 is 7.14. The summed E-state index contributed by atoms with van der Waals surface area (Å²) in [6, 6.07) is 10.6. The lowest BCUT2D eigenvalue weighted by molar-refractivity contribution is -0.122. The predicted octanol–water partition coefficient (Wildman–Crippen LogP) is 3.21. The molecule has 0 aliphatic heterocycles. The minimum Gasteiger partial charge on any atom is -0.346 e. The highest BCUT2D eigenvalue weighted by atomic mass is 35.5. The largest absolute Gasteiger partial charge is 0.346 e. The summed E-state index contributed by atoms with van der Waals surface area (Å²) in [5.74, 6) is -1.40. The Morgan fingerprint density at radius 2 is 1.64 bits per heavy atom. The van der Waals surface area contributed by atoms with Gasteiger partial charge in [0.2, 0.25) is 17.7 Å². The summed E-state index contributed by atoms with van der Waals surface area (Å²) in [5, 5.41) is 8.10. The number of thioether (sulfide) groups is 1. The SMILES string of the molecule is Cc1ccc(NC(=O)CNC(=O)CSCC(=O)Nc2ccc(F)cc2)c(Cl)c1. The van der Waals surface area contributed by atoms with Gasteiger partial charge in [-0.2, -0.15) is 0 Å². The van der Waals surface area contributed by atoms with Crippen molar-refractivity contribution in [3.8, 4) is 0 Å². The topological polar surface area (TPSA) is 87.3 Å². The summed E-state index contributed by atoms with van der Waals surface area (Å²) in [6.45, 7) is 1.68. The molecule has 0 aliphatic carbocycles. The van der Waals surface area contributed by atoms with Gasteiger partial charge in [0.15, 0.2) is 0 Å². The van der Waals surface area contributed by atoms with Crippen LogP contribution in [0.5, 0.6) is 0 Å². The van der Waals surface area contributed by atoms with Crippen LogP contribution in [0.1, 0.15) is 5.56 Å². The third-order valence-electron chi connectivity index (χ3n) is 3.44. The number of hydrogen-bond acceptors (Lipinski definition) is 4. The fourth-order valence-corrected chi connectivity index (χ4v) is 3.04. The molecule has 2 aromatic carbocycles. The second kappa shape index (κ2) is 10.7. The first-order valence-corrected chi connectivity index (χ1v) is 9.82. The van der Waals surface area contributed by atoms with Crippen LogP contribution in [0.25, 0.3) is 0 Å². The van der Waals surface area contributed by atoms with E-state index < -0.39 is 11.7 Å². The summed E-state index contributed by atoms with van der Waals surface area (Å²) in [5.41, 5.74) is 1.91. The van der Waals surface area contributed by atoms with E-state index in [4.69, 9.17) is 11.6 Å². The molecular weight excluding hydrogens is 405 g/mol. The van der Waals surface area contributed by atoms with Gasteiger partial charge in [-0.1, -0.05) is 17.7 Å². The highest BCUT2D eigenvalue weighted by Crippen LogP contribution is 2.22. The molecule has 0 radical (unpaired) electrons. The normalized spacial score (nSPS) is 10.2. The van der Waals surface area contributed by atoms with Gasteiger partial charge in [0, 0.05) is 5.69 Å². The monoisotopic (exact) mass is 423 g/mol. The molecule has 0 atom stereocenters. The Morgan fingerprint density at radius 3 is 2.32 bits per heavy atom. The third kappa shape index (κ3) is 7.58. The van der Waals surface area contributed by atoms with Crippen molar-refractivity contribution in [1.82, 2.24) is 5.32 Å². The van der Waals surface area contributed by atoms with Crippen LogP contribution in [0, 0.1) is 12.7 Å². The van der Waals surface area contributed by atoms with Crippen LogP contribution in [0.3, 0.4) is 0 Å². The molecule has 3 amide bonds. The molecule has 0 aromatic heterocycles. The standard InChI is InChI=1S/C19H19ClFN3O3S/c1-12-2-7-16(15(20)8-12)24-17(25)9-22-18(26)10-28-11-19(27)23-14-5-3-13(21)4-6-14/h2-8H,9-11H2,1H3,(H,22,26)(H,23,27)(H,24,25). The molecular formula is C19H19ClFN3O3S. The van der Waals surface area contributed by atoms with Gasteiger partial charge in [-0.25, -0.2) is 4.39 Å². The molecule has 0 saturated carbocycles. The van der Waals surface area contributed by atoms with Crippen molar-refractivity contribution < 1.29 is 18.8 Å². The molecule has 3 N–H and O–H groups in total. The maximum atomic E-state index is 12.8. The first-order valence-electron chi connectivity index (χ1n) is 8.29. The molecule has 0 saturated heterocycles. The van der Waals surface area contributed by atoms with E-state index in [0.717, 1.165) is 17.3 Å². The number of amides is 3. The van der Waals surface area contributed by atoms with Gasteiger partial charge in [-0.3, -0.25) is 14.4 Å². The van der Waals surface area contributed by atoms with Gasteiger partial charge >= 0.3 is 0 Å². The molecule has 6 nitrogen and oxygen atoms in total. The Morgan fingerprint density at radius 1 is 0.964 bits per heavy atom. The van der Waals surface area contributed by atoms with Crippen molar-refractivity contribution in [1.29, 1.82) is 0 Å². The van der Waals surface area contributed by atoms with Crippen LogP contribution in [0.15, 0.2) is 42.5 Å². The van der Waals surface area contributed by atoms with Crippen LogP contribution in [0.4, 0.5) is 15.8 Å². The third-order valence-corrected chi connectivity index (χ3v) is 4.68. The molecule has 0 spiro atoms. The Hall–Kier alpha value is -2.58. The van der Waals surface area contributed by atoms with E-state index in [1.165, 1.54) is 24.3 Å². The van der Waals surface area contributed by atoms with Crippen molar-refractivity contribution in [2.24, 2.45) is 0 Å². The van der Waals surface area contributed by atoms with Crippen molar-refractivity contribution in [2.75, 3.05) is 28.7 Å². The summed E-state index contributed by atoms with van der Waals surface area (Å²) in [7, 11) is 0. The number of rotatable bonds is 8. The van der Waals surface area contributed by atoms with Gasteiger partial charge in [0.1, 0.15) is 5.82 Å². The quantitative estimate of drug-likeness (QED) is 0.608. The van der Waals surface area contributed by atoms with E-state index in [2.05, 4.69) is 16.0 Å². The summed E-state index contributed by atoms with van der Waals surface area (Å²) in [6.07, 6.45) is 0. The molecule has 2 aromatic rings. The number of aryl methyl sites for hydroxylation is 1. The van der Waals surface area contributed by atoms with Crippen molar-refractivity contribution in [3.05, 3.63) is 58.9 Å². The van der Waals surface area contributed by atoms with Crippen molar-refractivity contribution in [2.45, 2.75) is 6.92 Å². The number of nitrogens with one attached hydrogen (secondary N) is 3. The van der Waals surface area contributed by atoms with Crippen LogP contribution in [-0.2, 0) is 14.4 Å². The van der Waals surface area contributed by atoms with Crippen LogP contribution >= 0.6 is 23.4 Å². The van der Waals surface area contributed by atoms with E-state index >= 15 is 0 Å². The van der Waals surface area contributed by atoms with Crippen molar-refractivity contribution >= 4 is 52.5 Å². The van der Waals surface area contributed by atoms with Crippen LogP contribution in [0.2, 0.25) is 5.02 Å². The number of carbonyl (C=O) groups is 3. The Balaban J connectivity index is 1.64. The number of hydrogen-bond donors (Lipinski definition) is 3. The first kappa shape index (κ1) is 21.7. The number of anilines is 2. The van der Waals surface area contributed by atoms with E-state index in [1.807, 2.05) is 13.0 Å². The zero-order valence-electron chi connectivity index (χ0n) is 15.1. The Labute approximate surface area is 171 Å². The average molecular weight is 424 g/mol. The smallest absolute Gasteiger partial charge is 0.243 e. The van der Waals surface area contributed by atoms with Crippen molar-refractivity contribution in [3.63, 3.8) is 0 Å². The first-order chi connectivity index (χ1) is 13.3. The summed E-state index contributed by atoms with van der Waals surface area (Å²) in [4.78, 5) is 35.4. The van der Waals surface area contributed by atoms with E-state index in [-0.39, 0.29) is 29.9 Å². The Kier molecular flexibility index (Phi) is 8.28. The molecule has 0 fully saturated rings. The maximum absolute atomic E-state index is 12.8. The molecule has 148 valence electrons. The molecule has 9 heteroatoms. The molecule has 0 heterocycles. The van der Waals surface area contributed by atoms with Crippen LogP contribution in [-0.4, -0.2) is 35.8 Å². The highest BCUT2D eigenvalue weighted by molar-refractivity contribution is 8.00. The minimum absolute atomic E-state index is 0.0232. The predicted molar refractivity (Wildman–Crippen MR) is 110 cm³/mol. The Bertz CT molecular complexity index is 862. The van der Waals surface area contributed by atoms with Crippen LogP contribution < -0.4 is 16.0 Å². The van der Waals surface area contributed by atoms with E-state index in [0.29, 0.717) is 16.4 Å². The lowest BCUT2D eigenvalue weighted by Crippen LogP contribution is -2.34. The molecule has 0 bridgehead atoms. The summed E-state index contributed by atoms with van der Waals surface area (Å²) < 4.78 is 12.8. The van der Waals surface area contributed by atoms with E-state index in [9.17, 15) is 18.8 Å². The number of halogens is 2. The van der Waals surface area contributed by atoms with Gasteiger partial charge in [-0.05, 0) is 48.9 Å². The molecule has 2 rings (SSSR count). The van der Waals surface area contributed by atoms with Gasteiger partial charge < -0.3 is 16.0 Å². The van der Waals surface area contributed by atoms with E-state index in [1.54, 1.807) is 12.1 Å². The van der Waals surface area contributed by atoms with Gasteiger partial charge in [-0.15, -0.1) is 11.8 Å². The average Bonchev–Trinajstić information content (AvgIpc) is 2.64.